The SMILES string of the molecule is CCn1ccnc1[C@@H]1CCCCN1c1ccc([N+](=O)[O-])c(C(=O)OC)c1. The van der Waals surface area contributed by atoms with Crippen LogP contribution in [0.5, 0.6) is 0 Å². The lowest BCUT2D eigenvalue weighted by Gasteiger charge is -2.37. The van der Waals surface area contributed by atoms with Gasteiger partial charge in [-0.05, 0) is 38.3 Å². The van der Waals surface area contributed by atoms with E-state index < -0.39 is 10.9 Å². The van der Waals surface area contributed by atoms with Gasteiger partial charge in [0.25, 0.3) is 5.69 Å². The quantitative estimate of drug-likeness (QED) is 0.463. The summed E-state index contributed by atoms with van der Waals surface area (Å²) in [5.41, 5.74) is 0.494. The lowest BCUT2D eigenvalue weighted by atomic mass is 9.99. The molecule has 0 unspecified atom stereocenters. The summed E-state index contributed by atoms with van der Waals surface area (Å²) in [5, 5.41) is 11.2. The molecule has 26 heavy (non-hydrogen) atoms. The number of carbonyl (C=O) groups is 1. The number of esters is 1. The Labute approximate surface area is 151 Å². The number of rotatable bonds is 5. The predicted molar refractivity (Wildman–Crippen MR) is 96.3 cm³/mol. The molecule has 2 aromatic rings. The fourth-order valence-corrected chi connectivity index (χ4v) is 3.53. The summed E-state index contributed by atoms with van der Waals surface area (Å²) in [7, 11) is 1.22. The third-order valence-electron chi connectivity index (χ3n) is 4.80. The fourth-order valence-electron chi connectivity index (χ4n) is 3.53. The number of hydrogen-bond donors (Lipinski definition) is 0. The Hall–Kier alpha value is -2.90. The summed E-state index contributed by atoms with van der Waals surface area (Å²) >= 11 is 0. The lowest BCUT2D eigenvalue weighted by molar-refractivity contribution is -0.385. The molecule has 1 aromatic heterocycles. The van der Waals surface area contributed by atoms with Gasteiger partial charge in [-0.3, -0.25) is 10.1 Å². The number of hydrogen-bond acceptors (Lipinski definition) is 6. The monoisotopic (exact) mass is 358 g/mol. The Kier molecular flexibility index (Phi) is 5.20. The minimum absolute atomic E-state index is 0.0295. The zero-order valence-electron chi connectivity index (χ0n) is 14.9. The van der Waals surface area contributed by atoms with Crippen LogP contribution in [0.15, 0.2) is 30.6 Å². The third kappa shape index (κ3) is 3.26. The lowest BCUT2D eigenvalue weighted by Crippen LogP contribution is -2.35. The van der Waals surface area contributed by atoms with Crippen molar-refractivity contribution >= 4 is 17.3 Å². The van der Waals surface area contributed by atoms with Crippen LogP contribution in [0.4, 0.5) is 11.4 Å². The number of carbonyl (C=O) groups excluding carboxylic acids is 1. The van der Waals surface area contributed by atoms with Gasteiger partial charge in [0.1, 0.15) is 11.4 Å². The number of anilines is 1. The van der Waals surface area contributed by atoms with E-state index in [-0.39, 0.29) is 17.3 Å². The van der Waals surface area contributed by atoms with Crippen molar-refractivity contribution in [3.8, 4) is 0 Å². The molecule has 0 aliphatic carbocycles. The second-order valence-electron chi connectivity index (χ2n) is 6.23. The molecule has 1 saturated heterocycles. The fraction of sp³-hybridized carbons (Fsp3) is 0.444. The maximum atomic E-state index is 12.0. The molecular formula is C18H22N4O4. The molecule has 2 heterocycles. The molecule has 8 heteroatoms. The van der Waals surface area contributed by atoms with Crippen LogP contribution in [-0.2, 0) is 11.3 Å². The van der Waals surface area contributed by atoms with Crippen molar-refractivity contribution in [2.45, 2.75) is 38.8 Å². The van der Waals surface area contributed by atoms with Crippen LogP contribution in [0.3, 0.4) is 0 Å². The topological polar surface area (TPSA) is 90.5 Å². The van der Waals surface area contributed by atoms with Gasteiger partial charge in [-0.1, -0.05) is 0 Å². The summed E-state index contributed by atoms with van der Waals surface area (Å²) in [4.78, 5) is 29.4. The van der Waals surface area contributed by atoms with E-state index in [1.165, 1.54) is 13.2 Å². The van der Waals surface area contributed by atoms with Crippen LogP contribution in [-0.4, -0.2) is 34.1 Å². The zero-order chi connectivity index (χ0) is 18.7. The highest BCUT2D eigenvalue weighted by molar-refractivity contribution is 5.95. The Bertz CT molecular complexity index is 817. The molecule has 1 aliphatic heterocycles. The summed E-state index contributed by atoms with van der Waals surface area (Å²) in [5.74, 6) is 0.271. The van der Waals surface area contributed by atoms with Crippen molar-refractivity contribution in [2.24, 2.45) is 0 Å². The zero-order valence-corrected chi connectivity index (χ0v) is 14.9. The number of ether oxygens (including phenoxy) is 1. The van der Waals surface area contributed by atoms with E-state index in [0.717, 1.165) is 43.9 Å². The second-order valence-corrected chi connectivity index (χ2v) is 6.23. The Morgan fingerprint density at radius 2 is 2.23 bits per heavy atom. The van der Waals surface area contributed by atoms with E-state index in [4.69, 9.17) is 4.74 Å². The third-order valence-corrected chi connectivity index (χ3v) is 4.80. The molecule has 0 amide bonds. The molecule has 1 fully saturated rings. The van der Waals surface area contributed by atoms with Gasteiger partial charge in [0.05, 0.1) is 18.1 Å². The molecule has 0 saturated carbocycles. The number of piperidine rings is 1. The van der Waals surface area contributed by atoms with Gasteiger partial charge in [-0.2, -0.15) is 0 Å². The highest BCUT2D eigenvalue weighted by atomic mass is 16.6. The van der Waals surface area contributed by atoms with Crippen molar-refractivity contribution < 1.29 is 14.5 Å². The van der Waals surface area contributed by atoms with Gasteiger partial charge in [0.2, 0.25) is 0 Å². The first-order chi connectivity index (χ1) is 12.6. The number of imidazole rings is 1. The molecule has 138 valence electrons. The first kappa shape index (κ1) is 17.9. The number of aryl methyl sites for hydroxylation is 1. The minimum atomic E-state index is -0.706. The average molecular weight is 358 g/mol. The van der Waals surface area contributed by atoms with E-state index in [1.807, 2.05) is 6.20 Å². The van der Waals surface area contributed by atoms with E-state index in [1.54, 1.807) is 18.3 Å². The molecular weight excluding hydrogens is 336 g/mol. The molecule has 0 radical (unpaired) electrons. The molecule has 1 atom stereocenters. The first-order valence-corrected chi connectivity index (χ1v) is 8.71. The van der Waals surface area contributed by atoms with E-state index in [2.05, 4.69) is 21.4 Å². The minimum Gasteiger partial charge on any atom is -0.465 e. The van der Waals surface area contributed by atoms with Crippen LogP contribution in [0.2, 0.25) is 0 Å². The van der Waals surface area contributed by atoms with Crippen LogP contribution in [0.1, 0.15) is 48.4 Å². The molecule has 0 spiro atoms. The maximum Gasteiger partial charge on any atom is 0.344 e. The number of nitro groups is 1. The van der Waals surface area contributed by atoms with Crippen molar-refractivity contribution in [1.29, 1.82) is 0 Å². The van der Waals surface area contributed by atoms with Gasteiger partial charge < -0.3 is 14.2 Å². The number of nitrogens with zero attached hydrogens (tertiary/aromatic N) is 4. The summed E-state index contributed by atoms with van der Waals surface area (Å²) < 4.78 is 6.83. The number of methoxy groups -OCH3 is 1. The van der Waals surface area contributed by atoms with E-state index >= 15 is 0 Å². The first-order valence-electron chi connectivity index (χ1n) is 8.71. The Balaban J connectivity index is 2.02. The Morgan fingerprint density at radius 3 is 2.92 bits per heavy atom. The predicted octanol–water partition coefficient (Wildman–Crippen LogP) is 3.33. The van der Waals surface area contributed by atoms with Crippen LogP contribution in [0.25, 0.3) is 0 Å². The number of aromatic nitrogens is 2. The van der Waals surface area contributed by atoms with Crippen molar-refractivity contribution in [3.05, 3.63) is 52.1 Å². The van der Waals surface area contributed by atoms with Crippen molar-refractivity contribution in [1.82, 2.24) is 9.55 Å². The second kappa shape index (κ2) is 7.55. The van der Waals surface area contributed by atoms with Crippen molar-refractivity contribution in [3.63, 3.8) is 0 Å². The highest BCUT2D eigenvalue weighted by Crippen LogP contribution is 2.36. The summed E-state index contributed by atoms with van der Waals surface area (Å²) in [6, 6.07) is 4.70. The normalized spacial score (nSPS) is 17.2. The van der Waals surface area contributed by atoms with Crippen LogP contribution in [0, 0.1) is 10.1 Å². The van der Waals surface area contributed by atoms with Gasteiger partial charge in [0.15, 0.2) is 0 Å². The summed E-state index contributed by atoms with van der Waals surface area (Å²) in [6.45, 7) is 3.70. The molecule has 1 aromatic carbocycles. The van der Waals surface area contributed by atoms with Crippen molar-refractivity contribution in [2.75, 3.05) is 18.6 Å². The maximum absolute atomic E-state index is 12.0. The molecule has 0 bridgehead atoms. The van der Waals surface area contributed by atoms with Gasteiger partial charge in [-0.15, -0.1) is 0 Å². The summed E-state index contributed by atoms with van der Waals surface area (Å²) in [6.07, 6.45) is 6.81. The number of nitro benzene ring substituents is 1. The van der Waals surface area contributed by atoms with Gasteiger partial charge in [-0.25, -0.2) is 9.78 Å². The van der Waals surface area contributed by atoms with Crippen LogP contribution < -0.4 is 4.90 Å². The smallest absolute Gasteiger partial charge is 0.344 e. The van der Waals surface area contributed by atoms with E-state index in [9.17, 15) is 14.9 Å². The van der Waals surface area contributed by atoms with Gasteiger partial charge >= 0.3 is 5.97 Å². The van der Waals surface area contributed by atoms with Crippen LogP contribution >= 0.6 is 0 Å². The molecule has 0 N–H and O–H groups in total. The van der Waals surface area contributed by atoms with Gasteiger partial charge in [0, 0.05) is 37.2 Å². The largest absolute Gasteiger partial charge is 0.465 e. The average Bonchev–Trinajstić information content (AvgIpc) is 3.15. The van der Waals surface area contributed by atoms with E-state index in [0.29, 0.717) is 0 Å². The molecule has 3 rings (SSSR count). The molecule has 1 aliphatic rings. The number of benzene rings is 1. The highest BCUT2D eigenvalue weighted by Gasteiger charge is 2.30. The standard InChI is InChI=1S/C18H22N4O4/c1-3-20-11-9-19-17(20)16-6-4-5-10-21(16)13-7-8-15(22(24)25)14(12-13)18(23)26-2/h7-9,11-12,16H,3-6,10H2,1-2H3/t16-/m0/s1. The Morgan fingerprint density at radius 1 is 1.42 bits per heavy atom. The molecule has 8 nitrogen and oxygen atoms in total.